The van der Waals surface area contributed by atoms with Gasteiger partial charge in [-0.15, -0.1) is 0 Å². The molecule has 0 bridgehead atoms. The van der Waals surface area contributed by atoms with E-state index in [1.165, 1.54) is 0 Å². The Hall–Kier alpha value is -2.02. The third kappa shape index (κ3) is 3.26. The van der Waals surface area contributed by atoms with Gasteiger partial charge in [0, 0.05) is 18.4 Å². The number of hydrogen-bond donors (Lipinski definition) is 0. The maximum absolute atomic E-state index is 13.1. The zero-order valence-corrected chi connectivity index (χ0v) is 13.6. The van der Waals surface area contributed by atoms with Gasteiger partial charge >= 0.3 is 6.18 Å². The van der Waals surface area contributed by atoms with E-state index in [9.17, 15) is 13.2 Å². The molecule has 1 fully saturated rings. The Kier molecular flexibility index (Phi) is 4.29. The molecule has 128 valence electrons. The van der Waals surface area contributed by atoms with Crippen LogP contribution >= 0.6 is 0 Å². The minimum absolute atomic E-state index is 0.239. The molecule has 0 amide bonds. The fraction of sp³-hybridized carbons (Fsp3) is 0.471. The zero-order chi connectivity index (χ0) is 17.4. The summed E-state index contributed by atoms with van der Waals surface area (Å²) >= 11 is 0. The maximum Gasteiger partial charge on any atom is 0.433 e. The molecule has 7 heteroatoms. The molecule has 2 aromatic heterocycles. The highest BCUT2D eigenvalue weighted by Crippen LogP contribution is 2.39. The second-order valence-corrected chi connectivity index (χ2v) is 6.34. The van der Waals surface area contributed by atoms with E-state index in [1.54, 1.807) is 13.1 Å². The number of pyridine rings is 1. The van der Waals surface area contributed by atoms with Crippen LogP contribution < -0.4 is 0 Å². The largest absolute Gasteiger partial charge is 0.433 e. The Labute approximate surface area is 138 Å². The van der Waals surface area contributed by atoms with Crippen LogP contribution in [0.5, 0.6) is 0 Å². The van der Waals surface area contributed by atoms with Gasteiger partial charge in [-0.3, -0.25) is 9.88 Å². The highest BCUT2D eigenvalue weighted by atomic mass is 19.4. The molecule has 0 N–H and O–H groups in total. The van der Waals surface area contributed by atoms with Gasteiger partial charge in [-0.2, -0.15) is 13.2 Å². The Balaban J connectivity index is 1.95. The van der Waals surface area contributed by atoms with Gasteiger partial charge in [0.25, 0.3) is 0 Å². The van der Waals surface area contributed by atoms with Crippen LogP contribution in [0.15, 0.2) is 30.5 Å². The predicted molar refractivity (Wildman–Crippen MR) is 83.0 cm³/mol. The number of nitrogens with zero attached hydrogens (tertiary/aromatic N) is 4. The van der Waals surface area contributed by atoms with E-state index < -0.39 is 17.4 Å². The molecule has 0 radical (unpaired) electrons. The molecular formula is C17H19F3N4. The monoisotopic (exact) mass is 336 g/mol. The fourth-order valence-corrected chi connectivity index (χ4v) is 3.17. The fourth-order valence-electron chi connectivity index (χ4n) is 3.17. The number of aryl methyl sites for hydroxylation is 1. The van der Waals surface area contributed by atoms with Crippen LogP contribution in [0.3, 0.4) is 0 Å². The second-order valence-electron chi connectivity index (χ2n) is 6.34. The normalized spacial score (nSPS) is 22.0. The average Bonchev–Trinajstić information content (AvgIpc) is 2.89. The molecule has 3 rings (SSSR count). The lowest BCUT2D eigenvalue weighted by molar-refractivity contribution is -0.141. The third-order valence-electron chi connectivity index (χ3n) is 4.49. The third-order valence-corrected chi connectivity index (χ3v) is 4.49. The summed E-state index contributed by atoms with van der Waals surface area (Å²) in [5.74, 6) is 0.239. The molecule has 1 saturated heterocycles. The van der Waals surface area contributed by atoms with Crippen molar-refractivity contribution in [3.05, 3.63) is 53.4 Å². The van der Waals surface area contributed by atoms with Crippen molar-refractivity contribution in [3.8, 4) is 0 Å². The average molecular weight is 336 g/mol. The highest BCUT2D eigenvalue weighted by molar-refractivity contribution is 5.19. The summed E-state index contributed by atoms with van der Waals surface area (Å²) in [7, 11) is 0. The zero-order valence-electron chi connectivity index (χ0n) is 13.6. The van der Waals surface area contributed by atoms with Gasteiger partial charge in [-0.1, -0.05) is 6.07 Å². The molecular weight excluding hydrogens is 317 g/mol. The first-order valence-corrected chi connectivity index (χ1v) is 7.87. The van der Waals surface area contributed by atoms with E-state index in [2.05, 4.69) is 19.9 Å². The van der Waals surface area contributed by atoms with Gasteiger partial charge in [0.2, 0.25) is 0 Å². The minimum atomic E-state index is -4.47. The topological polar surface area (TPSA) is 41.9 Å². The Morgan fingerprint density at radius 1 is 1.25 bits per heavy atom. The van der Waals surface area contributed by atoms with Gasteiger partial charge < -0.3 is 0 Å². The molecule has 24 heavy (non-hydrogen) atoms. The lowest BCUT2D eigenvalue weighted by atomic mass is 9.97. The summed E-state index contributed by atoms with van der Waals surface area (Å²) in [6.45, 7) is 4.83. The van der Waals surface area contributed by atoms with E-state index in [0.717, 1.165) is 31.1 Å². The van der Waals surface area contributed by atoms with Gasteiger partial charge in [0.05, 0.1) is 11.2 Å². The number of halogens is 3. The molecule has 3 heterocycles. The first-order chi connectivity index (χ1) is 11.3. The lowest BCUT2D eigenvalue weighted by Gasteiger charge is -2.34. The quantitative estimate of drug-likeness (QED) is 0.857. The standard InChI is InChI=1S/C17H19F3N4/c1-12-10-14(17(18,19)20)23-15(22-12)16(2)7-5-9-24(16)11-13-6-3-4-8-21-13/h3-4,6,8,10H,5,7,9,11H2,1-2H3/t16-/m1/s1. The van der Waals surface area contributed by atoms with Crippen molar-refractivity contribution in [2.24, 2.45) is 0 Å². The van der Waals surface area contributed by atoms with Crippen molar-refractivity contribution in [2.75, 3.05) is 6.54 Å². The Bertz CT molecular complexity index is 718. The number of hydrogen-bond acceptors (Lipinski definition) is 4. The number of aromatic nitrogens is 3. The minimum Gasteiger partial charge on any atom is -0.285 e. The first-order valence-electron chi connectivity index (χ1n) is 7.87. The van der Waals surface area contributed by atoms with E-state index in [4.69, 9.17) is 0 Å². The lowest BCUT2D eigenvalue weighted by Crippen LogP contribution is -2.40. The molecule has 1 atom stereocenters. The smallest absolute Gasteiger partial charge is 0.285 e. The van der Waals surface area contributed by atoms with Crippen LogP contribution in [0.1, 0.15) is 42.7 Å². The Morgan fingerprint density at radius 2 is 2.04 bits per heavy atom. The number of alkyl halides is 3. The van der Waals surface area contributed by atoms with Crippen LogP contribution in [0, 0.1) is 6.92 Å². The molecule has 0 unspecified atom stereocenters. The van der Waals surface area contributed by atoms with Crippen molar-refractivity contribution in [1.82, 2.24) is 19.9 Å². The molecule has 2 aromatic rings. The van der Waals surface area contributed by atoms with Gasteiger partial charge in [-0.05, 0) is 51.4 Å². The van der Waals surface area contributed by atoms with Gasteiger partial charge in [0.15, 0.2) is 0 Å². The summed E-state index contributed by atoms with van der Waals surface area (Å²) in [4.78, 5) is 14.6. The van der Waals surface area contributed by atoms with Crippen LogP contribution in [-0.4, -0.2) is 26.4 Å². The van der Waals surface area contributed by atoms with Gasteiger partial charge in [0.1, 0.15) is 11.5 Å². The molecule has 0 aliphatic carbocycles. The summed E-state index contributed by atoms with van der Waals surface area (Å²) in [6.07, 6.45) is -1.14. The van der Waals surface area contributed by atoms with Crippen LogP contribution in [0.25, 0.3) is 0 Å². The summed E-state index contributed by atoms with van der Waals surface area (Å²) in [5, 5.41) is 0. The number of rotatable bonds is 3. The van der Waals surface area contributed by atoms with Crippen LogP contribution in [-0.2, 0) is 18.3 Å². The van der Waals surface area contributed by atoms with E-state index in [0.29, 0.717) is 12.2 Å². The van der Waals surface area contributed by atoms with E-state index >= 15 is 0 Å². The number of likely N-dealkylation sites (tertiary alicyclic amines) is 1. The second kappa shape index (κ2) is 6.12. The van der Waals surface area contributed by atoms with Crippen molar-refractivity contribution in [2.45, 2.75) is 44.9 Å². The van der Waals surface area contributed by atoms with Crippen molar-refractivity contribution in [3.63, 3.8) is 0 Å². The van der Waals surface area contributed by atoms with Crippen LogP contribution in [0.2, 0.25) is 0 Å². The summed E-state index contributed by atoms with van der Waals surface area (Å²) in [6, 6.07) is 6.65. The van der Waals surface area contributed by atoms with Gasteiger partial charge in [-0.25, -0.2) is 9.97 Å². The van der Waals surface area contributed by atoms with Crippen LogP contribution in [0.4, 0.5) is 13.2 Å². The molecule has 4 nitrogen and oxygen atoms in total. The molecule has 0 aromatic carbocycles. The maximum atomic E-state index is 13.1. The van der Waals surface area contributed by atoms with Crippen molar-refractivity contribution in [1.29, 1.82) is 0 Å². The van der Waals surface area contributed by atoms with E-state index in [1.807, 2.05) is 25.1 Å². The predicted octanol–water partition coefficient (Wildman–Crippen LogP) is 3.71. The molecule has 1 aliphatic rings. The molecule has 0 spiro atoms. The van der Waals surface area contributed by atoms with Crippen molar-refractivity contribution < 1.29 is 13.2 Å². The first kappa shape index (κ1) is 16.8. The summed E-state index contributed by atoms with van der Waals surface area (Å²) in [5.41, 5.74) is -0.285. The summed E-state index contributed by atoms with van der Waals surface area (Å²) < 4.78 is 39.3. The Morgan fingerprint density at radius 3 is 2.71 bits per heavy atom. The van der Waals surface area contributed by atoms with E-state index in [-0.39, 0.29) is 5.82 Å². The SMILES string of the molecule is Cc1cc(C(F)(F)F)nc([C@@]2(C)CCCN2Cc2ccccn2)n1. The molecule has 0 saturated carbocycles. The molecule has 1 aliphatic heterocycles. The highest BCUT2D eigenvalue weighted by Gasteiger charge is 2.42. The van der Waals surface area contributed by atoms with Crippen molar-refractivity contribution >= 4 is 0 Å².